The van der Waals surface area contributed by atoms with Crippen LogP contribution in [0.5, 0.6) is 0 Å². The fourth-order valence-corrected chi connectivity index (χ4v) is 2.44. The van der Waals surface area contributed by atoms with Crippen LogP contribution >= 0.6 is 0 Å². The van der Waals surface area contributed by atoms with Gasteiger partial charge in [0, 0.05) is 18.2 Å². The molecule has 1 N–H and O–H groups in total. The molecule has 2 aromatic heterocycles. The van der Waals surface area contributed by atoms with Crippen molar-refractivity contribution < 1.29 is 9.32 Å². The number of hydrogen-bond donors (Lipinski definition) is 1. The summed E-state index contributed by atoms with van der Waals surface area (Å²) in [5.41, 5.74) is 1.83. The maximum atomic E-state index is 12.7. The third kappa shape index (κ3) is 3.01. The summed E-state index contributed by atoms with van der Waals surface area (Å²) in [6, 6.07) is 11.3. The summed E-state index contributed by atoms with van der Waals surface area (Å²) in [7, 11) is 0. The number of anilines is 1. The van der Waals surface area contributed by atoms with Crippen molar-refractivity contribution in [3.8, 4) is 11.3 Å². The average molecular weight is 310 g/mol. The minimum Gasteiger partial charge on any atom is -0.360 e. The lowest BCUT2D eigenvalue weighted by molar-refractivity contribution is 0.102. The molecule has 0 radical (unpaired) electrons. The van der Waals surface area contributed by atoms with Crippen LogP contribution in [0.25, 0.3) is 11.3 Å². The van der Waals surface area contributed by atoms with Crippen LogP contribution < -0.4 is 5.32 Å². The molecule has 6 heteroatoms. The zero-order chi connectivity index (χ0) is 16.2. The summed E-state index contributed by atoms with van der Waals surface area (Å²) in [4.78, 5) is 12.7. The number of aromatic nitrogens is 3. The van der Waals surface area contributed by atoms with Crippen LogP contribution in [0.15, 0.2) is 47.1 Å². The van der Waals surface area contributed by atoms with E-state index in [2.05, 4.69) is 22.5 Å². The molecule has 1 amide bonds. The zero-order valence-electron chi connectivity index (χ0n) is 13.1. The van der Waals surface area contributed by atoms with E-state index in [0.29, 0.717) is 22.8 Å². The summed E-state index contributed by atoms with van der Waals surface area (Å²) in [6.45, 7) is 4.54. The fraction of sp³-hybridized carbons (Fsp3) is 0.235. The van der Waals surface area contributed by atoms with Crippen molar-refractivity contribution in [3.63, 3.8) is 0 Å². The summed E-state index contributed by atoms with van der Waals surface area (Å²) in [5, 5.41) is 11.1. The monoisotopic (exact) mass is 310 g/mol. The van der Waals surface area contributed by atoms with Crippen molar-refractivity contribution >= 4 is 11.7 Å². The van der Waals surface area contributed by atoms with E-state index in [4.69, 9.17) is 4.52 Å². The van der Waals surface area contributed by atoms with Gasteiger partial charge in [-0.15, -0.1) is 0 Å². The van der Waals surface area contributed by atoms with Crippen molar-refractivity contribution in [1.29, 1.82) is 0 Å². The molecule has 0 aliphatic carbocycles. The van der Waals surface area contributed by atoms with Crippen molar-refractivity contribution in [2.24, 2.45) is 0 Å². The Balaban J connectivity index is 1.91. The Bertz CT molecular complexity index is 805. The van der Waals surface area contributed by atoms with Crippen molar-refractivity contribution in [2.45, 2.75) is 26.8 Å². The first-order valence-electron chi connectivity index (χ1n) is 7.55. The van der Waals surface area contributed by atoms with Gasteiger partial charge in [0.25, 0.3) is 5.91 Å². The van der Waals surface area contributed by atoms with Gasteiger partial charge < -0.3 is 9.84 Å². The predicted octanol–water partition coefficient (Wildman–Crippen LogP) is 3.51. The second-order valence-electron chi connectivity index (χ2n) is 5.22. The Morgan fingerprint density at radius 3 is 2.78 bits per heavy atom. The average Bonchev–Trinajstić information content (AvgIpc) is 3.15. The number of hydrogen-bond acceptors (Lipinski definition) is 4. The molecule has 0 bridgehead atoms. The van der Waals surface area contributed by atoms with Crippen molar-refractivity contribution in [1.82, 2.24) is 14.9 Å². The first-order valence-corrected chi connectivity index (χ1v) is 7.55. The first kappa shape index (κ1) is 15.0. The second kappa shape index (κ2) is 6.48. The Labute approximate surface area is 134 Å². The number of nitrogens with one attached hydrogen (secondary N) is 1. The molecule has 0 spiro atoms. The van der Waals surface area contributed by atoms with Crippen molar-refractivity contribution in [2.75, 3.05) is 5.32 Å². The molecule has 6 nitrogen and oxygen atoms in total. The molecule has 0 saturated heterocycles. The first-order chi connectivity index (χ1) is 11.2. The molecule has 3 aromatic rings. The lowest BCUT2D eigenvalue weighted by Gasteiger charge is -2.08. The Hall–Kier alpha value is -2.89. The highest BCUT2D eigenvalue weighted by molar-refractivity contribution is 6.08. The van der Waals surface area contributed by atoms with Gasteiger partial charge >= 0.3 is 0 Å². The van der Waals surface area contributed by atoms with Gasteiger partial charge in [0.15, 0.2) is 0 Å². The lowest BCUT2D eigenvalue weighted by atomic mass is 10.1. The Morgan fingerprint density at radius 1 is 1.26 bits per heavy atom. The summed E-state index contributed by atoms with van der Waals surface area (Å²) in [5.74, 6) is 0.903. The van der Waals surface area contributed by atoms with Gasteiger partial charge in [-0.2, -0.15) is 5.10 Å². The van der Waals surface area contributed by atoms with Crippen LogP contribution in [0, 0.1) is 6.92 Å². The SMILES string of the molecule is CCCn1nccc1NC(=O)c1c(-c2ccccc2)noc1C. The smallest absolute Gasteiger partial charge is 0.262 e. The van der Waals surface area contributed by atoms with E-state index in [9.17, 15) is 4.79 Å². The van der Waals surface area contributed by atoms with E-state index in [0.717, 1.165) is 18.5 Å². The number of benzene rings is 1. The van der Waals surface area contributed by atoms with Gasteiger partial charge in [0.05, 0.1) is 6.20 Å². The largest absolute Gasteiger partial charge is 0.360 e. The van der Waals surface area contributed by atoms with Crippen LogP contribution in [0.4, 0.5) is 5.82 Å². The maximum Gasteiger partial charge on any atom is 0.262 e. The van der Waals surface area contributed by atoms with Gasteiger partial charge in [0.2, 0.25) is 0 Å². The van der Waals surface area contributed by atoms with Crippen LogP contribution in [0.2, 0.25) is 0 Å². The van der Waals surface area contributed by atoms with Gasteiger partial charge in [0.1, 0.15) is 22.8 Å². The second-order valence-corrected chi connectivity index (χ2v) is 5.22. The van der Waals surface area contributed by atoms with Crippen LogP contribution in [-0.4, -0.2) is 20.8 Å². The predicted molar refractivity (Wildman–Crippen MR) is 87.1 cm³/mol. The molecule has 0 fully saturated rings. The van der Waals surface area contributed by atoms with Gasteiger partial charge in [-0.25, -0.2) is 4.68 Å². The molecular weight excluding hydrogens is 292 g/mol. The van der Waals surface area contributed by atoms with E-state index < -0.39 is 0 Å². The minimum atomic E-state index is -0.250. The lowest BCUT2D eigenvalue weighted by Crippen LogP contribution is -2.17. The van der Waals surface area contributed by atoms with E-state index >= 15 is 0 Å². The Kier molecular flexibility index (Phi) is 4.23. The highest BCUT2D eigenvalue weighted by Gasteiger charge is 2.22. The molecular formula is C17H18N4O2. The summed E-state index contributed by atoms with van der Waals surface area (Å²) in [6.07, 6.45) is 2.61. The Morgan fingerprint density at radius 2 is 2.04 bits per heavy atom. The number of aryl methyl sites for hydroxylation is 2. The summed E-state index contributed by atoms with van der Waals surface area (Å²) < 4.78 is 7.00. The molecule has 0 atom stereocenters. The van der Waals surface area contributed by atoms with E-state index in [1.165, 1.54) is 0 Å². The molecule has 2 heterocycles. The third-order valence-corrected chi connectivity index (χ3v) is 3.53. The maximum absolute atomic E-state index is 12.7. The molecule has 0 aliphatic rings. The topological polar surface area (TPSA) is 73.0 Å². The normalized spacial score (nSPS) is 10.7. The van der Waals surface area contributed by atoms with Gasteiger partial charge in [-0.3, -0.25) is 4.79 Å². The number of carbonyl (C=O) groups is 1. The summed E-state index contributed by atoms with van der Waals surface area (Å²) >= 11 is 0. The molecule has 0 aliphatic heterocycles. The van der Waals surface area contributed by atoms with E-state index in [1.54, 1.807) is 23.9 Å². The number of nitrogens with zero attached hydrogens (tertiary/aromatic N) is 3. The van der Waals surface area contributed by atoms with Crippen LogP contribution in [0.3, 0.4) is 0 Å². The zero-order valence-corrected chi connectivity index (χ0v) is 13.1. The molecule has 0 saturated carbocycles. The van der Waals surface area contributed by atoms with E-state index in [-0.39, 0.29) is 5.91 Å². The molecule has 23 heavy (non-hydrogen) atoms. The quantitative estimate of drug-likeness (QED) is 0.782. The molecule has 3 rings (SSSR count). The van der Waals surface area contributed by atoms with E-state index in [1.807, 2.05) is 30.3 Å². The van der Waals surface area contributed by atoms with Gasteiger partial charge in [-0.1, -0.05) is 42.4 Å². The van der Waals surface area contributed by atoms with Gasteiger partial charge in [-0.05, 0) is 13.3 Å². The van der Waals surface area contributed by atoms with Crippen molar-refractivity contribution in [3.05, 3.63) is 53.9 Å². The number of carbonyl (C=O) groups excluding carboxylic acids is 1. The number of amides is 1. The minimum absolute atomic E-state index is 0.250. The molecule has 118 valence electrons. The van der Waals surface area contributed by atoms with Crippen LogP contribution in [0.1, 0.15) is 29.5 Å². The van der Waals surface area contributed by atoms with Crippen LogP contribution in [-0.2, 0) is 6.54 Å². The highest BCUT2D eigenvalue weighted by atomic mass is 16.5. The standard InChI is InChI=1S/C17H18N4O2/c1-3-11-21-14(9-10-18-21)19-17(22)15-12(2)23-20-16(15)13-7-5-4-6-8-13/h4-10H,3,11H2,1-2H3,(H,19,22). The third-order valence-electron chi connectivity index (χ3n) is 3.53. The number of rotatable bonds is 5. The highest BCUT2D eigenvalue weighted by Crippen LogP contribution is 2.25. The molecule has 1 aromatic carbocycles. The molecule has 0 unspecified atom stereocenters. The fourth-order valence-electron chi connectivity index (χ4n) is 2.44.